The van der Waals surface area contributed by atoms with Crippen LogP contribution >= 0.6 is 15.9 Å². The maximum absolute atomic E-state index is 10.4. The third-order valence-electron chi connectivity index (χ3n) is 4.43. The Morgan fingerprint density at radius 1 is 1.10 bits per heavy atom. The fourth-order valence-corrected chi connectivity index (χ4v) is 3.67. The van der Waals surface area contributed by atoms with Crippen LogP contribution in [0.25, 0.3) is 0 Å². The highest BCUT2D eigenvalue weighted by atomic mass is 79.9. The molecule has 0 amide bonds. The maximum Gasteiger partial charge on any atom is 0.0586 e. The summed E-state index contributed by atoms with van der Waals surface area (Å²) in [5.74, 6) is 0.514. The topological polar surface area (TPSA) is 20.2 Å². The summed E-state index contributed by atoms with van der Waals surface area (Å²) < 4.78 is 1.09. The lowest BCUT2D eigenvalue weighted by Crippen LogP contribution is -2.18. The molecule has 2 aromatic rings. The van der Waals surface area contributed by atoms with Crippen LogP contribution in [0.5, 0.6) is 0 Å². The Hall–Kier alpha value is -1.12. The normalized spacial score (nSPS) is 19.0. The SMILES string of the molecule is OC(Cc1ccc(Br)cc1)CC1CCCc2ccccc21. The Morgan fingerprint density at radius 2 is 1.86 bits per heavy atom. The van der Waals surface area contributed by atoms with Crippen LogP contribution in [-0.4, -0.2) is 11.2 Å². The molecule has 21 heavy (non-hydrogen) atoms. The van der Waals surface area contributed by atoms with Gasteiger partial charge in [0.2, 0.25) is 0 Å². The van der Waals surface area contributed by atoms with E-state index in [9.17, 15) is 5.11 Å². The number of aryl methyl sites for hydroxylation is 1. The molecule has 1 nitrogen and oxygen atoms in total. The average molecular weight is 345 g/mol. The van der Waals surface area contributed by atoms with Gasteiger partial charge in [0.15, 0.2) is 0 Å². The van der Waals surface area contributed by atoms with Gasteiger partial charge in [0.05, 0.1) is 6.10 Å². The maximum atomic E-state index is 10.4. The van der Waals surface area contributed by atoms with Crippen LogP contribution in [0.1, 0.15) is 41.9 Å². The molecule has 0 radical (unpaired) electrons. The molecule has 3 rings (SSSR count). The van der Waals surface area contributed by atoms with Crippen molar-refractivity contribution in [1.82, 2.24) is 0 Å². The van der Waals surface area contributed by atoms with Gasteiger partial charge in [-0.2, -0.15) is 0 Å². The van der Waals surface area contributed by atoms with Gasteiger partial charge in [-0.15, -0.1) is 0 Å². The summed E-state index contributed by atoms with van der Waals surface area (Å²) in [6.45, 7) is 0. The van der Waals surface area contributed by atoms with Gasteiger partial charge in [0, 0.05) is 4.47 Å². The van der Waals surface area contributed by atoms with Gasteiger partial charge in [0.1, 0.15) is 0 Å². The van der Waals surface area contributed by atoms with Gasteiger partial charge in [-0.3, -0.25) is 0 Å². The number of hydrogen-bond acceptors (Lipinski definition) is 1. The largest absolute Gasteiger partial charge is 0.393 e. The fraction of sp³-hybridized carbons (Fsp3) is 0.368. The molecule has 1 aliphatic rings. The molecule has 2 aromatic carbocycles. The molecular formula is C19H21BrO. The van der Waals surface area contributed by atoms with E-state index in [0.29, 0.717) is 5.92 Å². The zero-order chi connectivity index (χ0) is 14.7. The summed E-state index contributed by atoms with van der Waals surface area (Å²) in [6.07, 6.45) is 4.98. The van der Waals surface area contributed by atoms with Crippen LogP contribution in [0.4, 0.5) is 0 Å². The summed E-state index contributed by atoms with van der Waals surface area (Å²) in [5.41, 5.74) is 4.14. The average Bonchev–Trinajstić information content (AvgIpc) is 2.50. The monoisotopic (exact) mass is 344 g/mol. The van der Waals surface area contributed by atoms with E-state index in [1.807, 2.05) is 12.1 Å². The van der Waals surface area contributed by atoms with E-state index in [2.05, 4.69) is 52.3 Å². The van der Waals surface area contributed by atoms with Crippen LogP contribution in [-0.2, 0) is 12.8 Å². The van der Waals surface area contributed by atoms with Gasteiger partial charge in [-0.25, -0.2) is 0 Å². The highest BCUT2D eigenvalue weighted by molar-refractivity contribution is 9.10. The van der Waals surface area contributed by atoms with Crippen molar-refractivity contribution in [2.75, 3.05) is 0 Å². The van der Waals surface area contributed by atoms with E-state index < -0.39 is 0 Å². The first-order valence-electron chi connectivity index (χ1n) is 7.72. The molecule has 0 fully saturated rings. The molecular weight excluding hydrogens is 324 g/mol. The predicted molar refractivity (Wildman–Crippen MR) is 90.6 cm³/mol. The first kappa shape index (κ1) is 14.8. The van der Waals surface area contributed by atoms with Gasteiger partial charge in [0.25, 0.3) is 0 Å². The molecule has 0 heterocycles. The van der Waals surface area contributed by atoms with Crippen molar-refractivity contribution in [3.63, 3.8) is 0 Å². The number of halogens is 1. The Balaban J connectivity index is 1.65. The van der Waals surface area contributed by atoms with E-state index >= 15 is 0 Å². The van der Waals surface area contributed by atoms with Crippen LogP contribution < -0.4 is 0 Å². The minimum atomic E-state index is -0.262. The quantitative estimate of drug-likeness (QED) is 0.839. The van der Waals surface area contributed by atoms with E-state index in [1.54, 1.807) is 0 Å². The number of hydrogen-bond donors (Lipinski definition) is 1. The summed E-state index contributed by atoms with van der Waals surface area (Å²) in [6, 6.07) is 17.0. The molecule has 0 saturated heterocycles. The molecule has 2 heteroatoms. The van der Waals surface area contributed by atoms with Crippen molar-refractivity contribution in [1.29, 1.82) is 0 Å². The van der Waals surface area contributed by atoms with E-state index in [-0.39, 0.29) is 6.10 Å². The second-order valence-corrected chi connectivity index (χ2v) is 6.92. The smallest absolute Gasteiger partial charge is 0.0586 e. The van der Waals surface area contributed by atoms with E-state index in [1.165, 1.54) is 36.0 Å². The van der Waals surface area contributed by atoms with Crippen LogP contribution in [0.3, 0.4) is 0 Å². The standard InChI is InChI=1S/C19H21BrO/c20-17-10-8-14(9-11-17)12-18(21)13-16-6-3-5-15-4-1-2-7-19(15)16/h1-2,4,7-11,16,18,21H,3,5-6,12-13H2. The third kappa shape index (κ3) is 3.75. The lowest BCUT2D eigenvalue weighted by Gasteiger charge is -2.27. The van der Waals surface area contributed by atoms with Crippen molar-refractivity contribution >= 4 is 15.9 Å². The Bertz CT molecular complexity index is 591. The number of aliphatic hydroxyl groups excluding tert-OH is 1. The van der Waals surface area contributed by atoms with Crippen LogP contribution in [0.2, 0.25) is 0 Å². The van der Waals surface area contributed by atoms with Gasteiger partial charge in [-0.05, 0) is 66.8 Å². The number of benzene rings is 2. The van der Waals surface area contributed by atoms with Crippen molar-refractivity contribution in [3.8, 4) is 0 Å². The highest BCUT2D eigenvalue weighted by Crippen LogP contribution is 2.35. The van der Waals surface area contributed by atoms with Crippen molar-refractivity contribution in [2.45, 2.75) is 44.1 Å². The highest BCUT2D eigenvalue weighted by Gasteiger charge is 2.22. The van der Waals surface area contributed by atoms with Crippen molar-refractivity contribution in [2.24, 2.45) is 0 Å². The number of aliphatic hydroxyl groups is 1. The Morgan fingerprint density at radius 3 is 2.67 bits per heavy atom. The first-order valence-corrected chi connectivity index (χ1v) is 8.52. The second-order valence-electron chi connectivity index (χ2n) is 6.01. The van der Waals surface area contributed by atoms with Gasteiger partial charge < -0.3 is 5.11 Å². The molecule has 1 aliphatic carbocycles. The predicted octanol–water partition coefficient (Wildman–Crippen LogP) is 4.86. The molecule has 0 aliphatic heterocycles. The number of fused-ring (bicyclic) bond motifs is 1. The Labute approximate surface area is 135 Å². The summed E-state index contributed by atoms with van der Waals surface area (Å²) in [5, 5.41) is 10.4. The summed E-state index contributed by atoms with van der Waals surface area (Å²) in [7, 11) is 0. The molecule has 0 bridgehead atoms. The lowest BCUT2D eigenvalue weighted by atomic mass is 9.79. The molecule has 2 atom stereocenters. The van der Waals surface area contributed by atoms with Crippen LogP contribution in [0.15, 0.2) is 53.0 Å². The second kappa shape index (κ2) is 6.76. The Kier molecular flexibility index (Phi) is 4.77. The zero-order valence-electron chi connectivity index (χ0n) is 12.1. The third-order valence-corrected chi connectivity index (χ3v) is 4.96. The minimum absolute atomic E-state index is 0.262. The van der Waals surface area contributed by atoms with Crippen LogP contribution in [0, 0.1) is 0 Å². The zero-order valence-corrected chi connectivity index (χ0v) is 13.7. The minimum Gasteiger partial charge on any atom is -0.393 e. The first-order chi connectivity index (χ1) is 10.2. The van der Waals surface area contributed by atoms with Gasteiger partial charge in [-0.1, -0.05) is 52.3 Å². The van der Waals surface area contributed by atoms with Crippen molar-refractivity contribution < 1.29 is 5.11 Å². The van der Waals surface area contributed by atoms with E-state index in [0.717, 1.165) is 17.3 Å². The molecule has 0 saturated carbocycles. The molecule has 0 spiro atoms. The lowest BCUT2D eigenvalue weighted by molar-refractivity contribution is 0.152. The molecule has 2 unspecified atom stereocenters. The summed E-state index contributed by atoms with van der Waals surface area (Å²) in [4.78, 5) is 0. The van der Waals surface area contributed by atoms with Crippen molar-refractivity contribution in [3.05, 3.63) is 69.7 Å². The fourth-order valence-electron chi connectivity index (χ4n) is 3.40. The molecule has 110 valence electrons. The van der Waals surface area contributed by atoms with E-state index in [4.69, 9.17) is 0 Å². The molecule has 1 N–H and O–H groups in total. The summed E-state index contributed by atoms with van der Waals surface area (Å²) >= 11 is 3.45. The van der Waals surface area contributed by atoms with Gasteiger partial charge >= 0.3 is 0 Å². The molecule has 0 aromatic heterocycles. The number of rotatable bonds is 4.